The molecule has 0 saturated heterocycles. The van der Waals surface area contributed by atoms with Gasteiger partial charge in [-0.2, -0.15) is 0 Å². The molecule has 170 valence electrons. The molecular formula is C29H23BrO3Se. The van der Waals surface area contributed by atoms with Gasteiger partial charge in [0.05, 0.1) is 0 Å². The van der Waals surface area contributed by atoms with Crippen molar-refractivity contribution in [2.45, 2.75) is 11.7 Å². The molecule has 3 nitrogen and oxygen atoms in total. The van der Waals surface area contributed by atoms with Crippen molar-refractivity contribution in [2.24, 2.45) is 5.92 Å². The maximum atomic E-state index is 14.0. The third-order valence-electron chi connectivity index (χ3n) is 5.35. The molecule has 0 N–H and O–H groups in total. The Bertz CT molecular complexity index is 1250. The number of carbonyl (C=O) groups is 2. The minimum absolute atomic E-state index is 0.172. The van der Waals surface area contributed by atoms with Gasteiger partial charge in [0, 0.05) is 0 Å². The third-order valence-corrected chi connectivity index (χ3v) is 8.07. The first-order valence-electron chi connectivity index (χ1n) is 10.9. The summed E-state index contributed by atoms with van der Waals surface area (Å²) >= 11 is 3.63. The molecule has 0 spiro atoms. The Kier molecular flexibility index (Phi) is 8.48. The van der Waals surface area contributed by atoms with Crippen molar-refractivity contribution in [3.8, 4) is 0 Å². The fourth-order valence-corrected chi connectivity index (χ4v) is 5.84. The molecule has 0 aliphatic carbocycles. The van der Waals surface area contributed by atoms with Crippen LogP contribution in [0.25, 0.3) is 11.6 Å². The Morgan fingerprint density at radius 1 is 0.853 bits per heavy atom. The standard InChI is InChI=1S/C29H23BrO3Se/c30-23-15-13-21(14-16-23)20-26(22-8-3-1-4-9-22)28(31)25(29(32)27-12-7-18-33-27)17-19-34-24-10-5-2-6-11-24/h1-16,18,20,25H,17,19H2/b26-20+. The van der Waals surface area contributed by atoms with E-state index in [0.29, 0.717) is 12.0 Å². The number of benzene rings is 3. The van der Waals surface area contributed by atoms with Crippen LogP contribution in [0.5, 0.6) is 0 Å². The SMILES string of the molecule is O=C(/C(=C/c1ccc(Br)cc1)c1ccccc1)C(CC[Se]c1ccccc1)C(=O)c1ccco1. The summed E-state index contributed by atoms with van der Waals surface area (Å²) in [6, 6.07) is 30.8. The van der Waals surface area contributed by atoms with Crippen LogP contribution >= 0.6 is 15.9 Å². The second-order valence-electron chi connectivity index (χ2n) is 7.68. The van der Waals surface area contributed by atoms with E-state index in [1.165, 1.54) is 10.7 Å². The molecule has 0 aliphatic heterocycles. The van der Waals surface area contributed by atoms with E-state index >= 15 is 0 Å². The van der Waals surface area contributed by atoms with Crippen molar-refractivity contribution in [1.82, 2.24) is 0 Å². The Morgan fingerprint density at radius 2 is 1.53 bits per heavy atom. The molecule has 1 aromatic heterocycles. The molecule has 3 aromatic carbocycles. The first-order valence-corrected chi connectivity index (χ1v) is 13.8. The van der Waals surface area contributed by atoms with Crippen LogP contribution in [0.15, 0.2) is 112 Å². The number of Topliss-reactive ketones (excluding diaryl/α,β-unsaturated/α-hetero) is 2. The van der Waals surface area contributed by atoms with Crippen LogP contribution in [0.3, 0.4) is 0 Å². The van der Waals surface area contributed by atoms with Crippen LogP contribution in [0.1, 0.15) is 28.1 Å². The summed E-state index contributed by atoms with van der Waals surface area (Å²) in [7, 11) is 0. The van der Waals surface area contributed by atoms with Crippen molar-refractivity contribution in [3.63, 3.8) is 0 Å². The van der Waals surface area contributed by atoms with E-state index in [0.717, 1.165) is 20.9 Å². The fourth-order valence-electron chi connectivity index (χ4n) is 3.61. The molecule has 5 heteroatoms. The molecule has 0 amide bonds. The quantitative estimate of drug-likeness (QED) is 0.0711. The van der Waals surface area contributed by atoms with Gasteiger partial charge in [-0.05, 0) is 0 Å². The van der Waals surface area contributed by atoms with Gasteiger partial charge in [-0.25, -0.2) is 0 Å². The molecule has 1 atom stereocenters. The number of hydrogen-bond donors (Lipinski definition) is 0. The molecule has 0 aliphatic rings. The average Bonchev–Trinajstić information content (AvgIpc) is 3.42. The topological polar surface area (TPSA) is 47.3 Å². The van der Waals surface area contributed by atoms with Gasteiger partial charge in [0.25, 0.3) is 0 Å². The van der Waals surface area contributed by atoms with Crippen LogP contribution in [-0.4, -0.2) is 26.5 Å². The first kappa shape index (κ1) is 24.2. The van der Waals surface area contributed by atoms with Crippen LogP contribution in [0.4, 0.5) is 0 Å². The second-order valence-corrected chi connectivity index (χ2v) is 11.1. The van der Waals surface area contributed by atoms with Gasteiger partial charge in [0.15, 0.2) is 0 Å². The summed E-state index contributed by atoms with van der Waals surface area (Å²) in [5.41, 5.74) is 2.22. The normalized spacial score (nSPS) is 12.3. The van der Waals surface area contributed by atoms with Crippen molar-refractivity contribution < 1.29 is 14.0 Å². The van der Waals surface area contributed by atoms with Crippen LogP contribution < -0.4 is 4.46 Å². The molecule has 4 rings (SSSR count). The van der Waals surface area contributed by atoms with E-state index in [4.69, 9.17) is 4.42 Å². The number of carbonyl (C=O) groups excluding carboxylic acids is 2. The summed E-state index contributed by atoms with van der Waals surface area (Å²) in [5.74, 6) is -1.03. The zero-order chi connectivity index (χ0) is 23.8. The molecule has 0 bridgehead atoms. The molecular weight excluding hydrogens is 555 g/mol. The number of allylic oxidation sites excluding steroid dienone is 1. The van der Waals surface area contributed by atoms with Crippen LogP contribution in [-0.2, 0) is 4.79 Å². The van der Waals surface area contributed by atoms with Crippen LogP contribution in [0.2, 0.25) is 5.32 Å². The number of ketones is 2. The molecule has 1 unspecified atom stereocenters. The Balaban J connectivity index is 1.67. The van der Waals surface area contributed by atoms with Gasteiger partial charge < -0.3 is 0 Å². The Hall–Kier alpha value is -2.98. The first-order chi connectivity index (χ1) is 16.6. The number of furan rings is 1. The molecule has 0 radical (unpaired) electrons. The minimum atomic E-state index is -0.807. The van der Waals surface area contributed by atoms with Gasteiger partial charge >= 0.3 is 215 Å². The van der Waals surface area contributed by atoms with Crippen molar-refractivity contribution in [1.29, 1.82) is 0 Å². The average molecular weight is 578 g/mol. The number of hydrogen-bond acceptors (Lipinski definition) is 3. The van der Waals surface area contributed by atoms with Crippen molar-refractivity contribution in [3.05, 3.63) is 125 Å². The second kappa shape index (κ2) is 11.9. The predicted molar refractivity (Wildman–Crippen MR) is 141 cm³/mol. The molecule has 1 heterocycles. The van der Waals surface area contributed by atoms with E-state index in [1.807, 2.05) is 78.9 Å². The molecule has 4 aromatic rings. The fraction of sp³-hybridized carbons (Fsp3) is 0.103. The van der Waals surface area contributed by atoms with E-state index < -0.39 is 5.92 Å². The van der Waals surface area contributed by atoms with Gasteiger partial charge in [0.1, 0.15) is 0 Å². The summed E-state index contributed by atoms with van der Waals surface area (Å²) in [5, 5.41) is 0.778. The van der Waals surface area contributed by atoms with E-state index in [-0.39, 0.29) is 32.3 Å². The number of halogens is 1. The Morgan fingerprint density at radius 3 is 2.18 bits per heavy atom. The summed E-state index contributed by atoms with van der Waals surface area (Å²) < 4.78 is 7.60. The molecule has 34 heavy (non-hydrogen) atoms. The summed E-state index contributed by atoms with van der Waals surface area (Å²) in [6.07, 6.45) is 3.81. The van der Waals surface area contributed by atoms with E-state index in [1.54, 1.807) is 12.1 Å². The van der Waals surface area contributed by atoms with Crippen molar-refractivity contribution in [2.75, 3.05) is 0 Å². The Labute approximate surface area is 214 Å². The molecule has 0 fully saturated rings. The van der Waals surface area contributed by atoms with Gasteiger partial charge in [-0.15, -0.1) is 0 Å². The van der Waals surface area contributed by atoms with Gasteiger partial charge in [0.2, 0.25) is 0 Å². The number of rotatable bonds is 10. The monoisotopic (exact) mass is 578 g/mol. The maximum absolute atomic E-state index is 14.0. The third kappa shape index (κ3) is 6.32. The van der Waals surface area contributed by atoms with Gasteiger partial charge in [-0.3, -0.25) is 0 Å². The van der Waals surface area contributed by atoms with Crippen LogP contribution in [0, 0.1) is 5.92 Å². The summed E-state index contributed by atoms with van der Waals surface area (Å²) in [6.45, 7) is 0. The summed E-state index contributed by atoms with van der Waals surface area (Å²) in [4.78, 5) is 27.3. The zero-order valence-corrected chi connectivity index (χ0v) is 21.7. The zero-order valence-electron chi connectivity index (χ0n) is 18.4. The van der Waals surface area contributed by atoms with Crippen molar-refractivity contribution >= 4 is 58.6 Å². The molecule has 0 saturated carbocycles. The predicted octanol–water partition coefficient (Wildman–Crippen LogP) is 6.49. The van der Waals surface area contributed by atoms with Gasteiger partial charge in [-0.1, -0.05) is 0 Å². The van der Waals surface area contributed by atoms with E-state index in [9.17, 15) is 9.59 Å². The van der Waals surface area contributed by atoms with E-state index in [2.05, 4.69) is 28.1 Å².